The molecule has 0 aromatic heterocycles. The van der Waals surface area contributed by atoms with E-state index in [1.165, 1.54) is 0 Å². The minimum Gasteiger partial charge on any atom is -0.493 e. The topological polar surface area (TPSA) is 82.8 Å². The molecule has 0 saturated carbocycles. The molecule has 6 heteroatoms. The Morgan fingerprint density at radius 1 is 1.26 bits per heavy atom. The van der Waals surface area contributed by atoms with Gasteiger partial charge < -0.3 is 25.3 Å². The monoisotopic (exact) mass is 322 g/mol. The van der Waals surface area contributed by atoms with Crippen LogP contribution in [0.2, 0.25) is 0 Å². The summed E-state index contributed by atoms with van der Waals surface area (Å²) in [6.45, 7) is 3.28. The van der Waals surface area contributed by atoms with Crippen molar-refractivity contribution in [3.63, 3.8) is 0 Å². The van der Waals surface area contributed by atoms with Crippen LogP contribution in [0.4, 0.5) is 0 Å². The lowest BCUT2D eigenvalue weighted by Gasteiger charge is -2.28. The maximum absolute atomic E-state index is 12.4. The lowest BCUT2D eigenvalue weighted by Crippen LogP contribution is -2.47. The van der Waals surface area contributed by atoms with Gasteiger partial charge in [-0.3, -0.25) is 4.79 Å². The van der Waals surface area contributed by atoms with E-state index in [0.717, 1.165) is 18.4 Å². The largest absolute Gasteiger partial charge is 0.493 e. The van der Waals surface area contributed by atoms with Gasteiger partial charge in [0.2, 0.25) is 5.91 Å². The van der Waals surface area contributed by atoms with E-state index in [9.17, 15) is 4.79 Å². The fourth-order valence-electron chi connectivity index (χ4n) is 2.80. The first-order valence-electron chi connectivity index (χ1n) is 7.92. The third kappa shape index (κ3) is 4.36. The Morgan fingerprint density at radius 2 is 1.91 bits per heavy atom. The van der Waals surface area contributed by atoms with Crippen molar-refractivity contribution in [1.29, 1.82) is 0 Å². The van der Waals surface area contributed by atoms with Gasteiger partial charge in [0.1, 0.15) is 0 Å². The molecule has 128 valence electrons. The zero-order chi connectivity index (χ0) is 16.8. The summed E-state index contributed by atoms with van der Waals surface area (Å²) in [6.07, 6.45) is 1.67. The summed E-state index contributed by atoms with van der Waals surface area (Å²) < 4.78 is 15.8. The summed E-state index contributed by atoms with van der Waals surface area (Å²) >= 11 is 0. The van der Waals surface area contributed by atoms with Gasteiger partial charge in [0.15, 0.2) is 11.5 Å². The highest BCUT2D eigenvalue weighted by molar-refractivity contribution is 5.82. The molecule has 1 heterocycles. The summed E-state index contributed by atoms with van der Waals surface area (Å²) in [7, 11) is 3.18. The van der Waals surface area contributed by atoms with Crippen LogP contribution in [0.15, 0.2) is 18.2 Å². The average Bonchev–Trinajstić information content (AvgIpc) is 2.60. The number of amides is 1. The van der Waals surface area contributed by atoms with Gasteiger partial charge in [-0.25, -0.2) is 0 Å². The number of ether oxygens (including phenoxy) is 3. The summed E-state index contributed by atoms with van der Waals surface area (Å²) in [4.78, 5) is 12.4. The highest BCUT2D eigenvalue weighted by Gasteiger charge is 2.27. The van der Waals surface area contributed by atoms with Crippen LogP contribution in [0, 0.1) is 5.92 Å². The fraction of sp³-hybridized carbons (Fsp3) is 0.588. The van der Waals surface area contributed by atoms with Crippen molar-refractivity contribution < 1.29 is 19.0 Å². The van der Waals surface area contributed by atoms with Crippen LogP contribution in [0.1, 0.15) is 31.4 Å². The number of carbonyl (C=O) groups is 1. The number of methoxy groups -OCH3 is 2. The van der Waals surface area contributed by atoms with Gasteiger partial charge in [-0.2, -0.15) is 0 Å². The quantitative estimate of drug-likeness (QED) is 0.832. The Hall–Kier alpha value is -1.79. The first-order valence-corrected chi connectivity index (χ1v) is 7.92. The first kappa shape index (κ1) is 17.6. The van der Waals surface area contributed by atoms with Crippen LogP contribution < -0.4 is 20.5 Å². The van der Waals surface area contributed by atoms with Crippen molar-refractivity contribution in [3.05, 3.63) is 23.8 Å². The molecule has 1 saturated heterocycles. The van der Waals surface area contributed by atoms with Gasteiger partial charge in [0.25, 0.3) is 0 Å². The molecular weight excluding hydrogens is 296 g/mol. The SMILES string of the molecule is COc1ccc(C(C)NC(=O)C(N)C2CCOCC2)cc1OC. The number of benzene rings is 1. The van der Waals surface area contributed by atoms with Crippen molar-refractivity contribution in [2.75, 3.05) is 27.4 Å². The third-order valence-corrected chi connectivity index (χ3v) is 4.34. The Kier molecular flexibility index (Phi) is 6.24. The predicted octanol–water partition coefficient (Wildman–Crippen LogP) is 1.63. The standard InChI is InChI=1S/C17H26N2O4/c1-11(13-4-5-14(21-2)15(10-13)22-3)19-17(20)16(18)12-6-8-23-9-7-12/h4-5,10-12,16H,6-9,18H2,1-3H3,(H,19,20). The average molecular weight is 322 g/mol. The van der Waals surface area contributed by atoms with Gasteiger partial charge in [-0.15, -0.1) is 0 Å². The molecule has 1 aliphatic rings. The van der Waals surface area contributed by atoms with Crippen molar-refractivity contribution in [2.24, 2.45) is 11.7 Å². The van der Waals surface area contributed by atoms with Gasteiger partial charge in [-0.05, 0) is 43.4 Å². The van der Waals surface area contributed by atoms with Crippen molar-refractivity contribution in [2.45, 2.75) is 31.8 Å². The van der Waals surface area contributed by atoms with Gasteiger partial charge in [0, 0.05) is 13.2 Å². The smallest absolute Gasteiger partial charge is 0.237 e. The molecule has 0 bridgehead atoms. The number of rotatable bonds is 6. The molecule has 1 aliphatic heterocycles. The highest BCUT2D eigenvalue weighted by atomic mass is 16.5. The maximum atomic E-state index is 12.4. The number of hydrogen-bond donors (Lipinski definition) is 2. The number of hydrogen-bond acceptors (Lipinski definition) is 5. The van der Waals surface area contributed by atoms with Crippen molar-refractivity contribution in [3.8, 4) is 11.5 Å². The first-order chi connectivity index (χ1) is 11.1. The van der Waals surface area contributed by atoms with E-state index >= 15 is 0 Å². The molecule has 1 aromatic rings. The van der Waals surface area contributed by atoms with Crippen LogP contribution in [0.25, 0.3) is 0 Å². The number of carbonyl (C=O) groups excluding carboxylic acids is 1. The Balaban J connectivity index is 2.00. The van der Waals surface area contributed by atoms with E-state index in [2.05, 4.69) is 5.32 Å². The Morgan fingerprint density at radius 3 is 2.52 bits per heavy atom. The minimum atomic E-state index is -0.499. The number of nitrogens with one attached hydrogen (secondary N) is 1. The molecular formula is C17H26N2O4. The molecule has 1 aromatic carbocycles. The minimum absolute atomic E-state index is 0.126. The molecule has 2 atom stereocenters. The van der Waals surface area contributed by atoms with Gasteiger partial charge in [0.05, 0.1) is 26.3 Å². The molecule has 1 fully saturated rings. The van der Waals surface area contributed by atoms with Crippen molar-refractivity contribution in [1.82, 2.24) is 5.32 Å². The maximum Gasteiger partial charge on any atom is 0.237 e. The van der Waals surface area contributed by atoms with Crippen molar-refractivity contribution >= 4 is 5.91 Å². The van der Waals surface area contributed by atoms with Crippen LogP contribution in [-0.4, -0.2) is 39.4 Å². The lowest BCUT2D eigenvalue weighted by molar-refractivity contribution is -0.125. The van der Waals surface area contributed by atoms with E-state index in [4.69, 9.17) is 19.9 Å². The van der Waals surface area contributed by atoms with E-state index in [1.807, 2.05) is 25.1 Å². The van der Waals surface area contributed by atoms with Crippen LogP contribution in [0.3, 0.4) is 0 Å². The Bertz CT molecular complexity index is 529. The molecule has 2 unspecified atom stereocenters. The third-order valence-electron chi connectivity index (χ3n) is 4.34. The summed E-state index contributed by atoms with van der Waals surface area (Å²) in [5.41, 5.74) is 7.05. The van der Waals surface area contributed by atoms with Crippen LogP contribution in [0.5, 0.6) is 11.5 Å². The summed E-state index contributed by atoms with van der Waals surface area (Å²) in [5.74, 6) is 1.36. The van der Waals surface area contributed by atoms with Gasteiger partial charge >= 0.3 is 0 Å². The second-order valence-corrected chi connectivity index (χ2v) is 5.82. The highest BCUT2D eigenvalue weighted by Crippen LogP contribution is 2.30. The van der Waals surface area contributed by atoms with E-state index < -0.39 is 6.04 Å². The normalized spacial score (nSPS) is 18.1. The van der Waals surface area contributed by atoms with E-state index in [-0.39, 0.29) is 17.9 Å². The summed E-state index contributed by atoms with van der Waals surface area (Å²) in [5, 5.41) is 2.98. The molecule has 2 rings (SSSR count). The molecule has 1 amide bonds. The van der Waals surface area contributed by atoms with Crippen LogP contribution in [-0.2, 0) is 9.53 Å². The zero-order valence-electron chi connectivity index (χ0n) is 14.0. The molecule has 23 heavy (non-hydrogen) atoms. The molecule has 6 nitrogen and oxygen atoms in total. The second-order valence-electron chi connectivity index (χ2n) is 5.82. The lowest BCUT2D eigenvalue weighted by atomic mass is 9.91. The van der Waals surface area contributed by atoms with E-state index in [1.54, 1.807) is 14.2 Å². The number of nitrogens with two attached hydrogens (primary N) is 1. The Labute approximate surface area is 137 Å². The van der Waals surface area contributed by atoms with Crippen LogP contribution >= 0.6 is 0 Å². The molecule has 0 aliphatic carbocycles. The molecule has 3 N–H and O–H groups in total. The predicted molar refractivity (Wildman–Crippen MR) is 87.6 cm³/mol. The van der Waals surface area contributed by atoms with E-state index in [0.29, 0.717) is 24.7 Å². The summed E-state index contributed by atoms with van der Waals surface area (Å²) in [6, 6.07) is 4.94. The molecule has 0 spiro atoms. The molecule has 0 radical (unpaired) electrons. The van der Waals surface area contributed by atoms with Gasteiger partial charge in [-0.1, -0.05) is 6.07 Å². The second kappa shape index (κ2) is 8.17. The zero-order valence-corrected chi connectivity index (χ0v) is 14.0. The fourth-order valence-corrected chi connectivity index (χ4v) is 2.80.